The Kier molecular flexibility index (Phi) is 8.43. The van der Waals surface area contributed by atoms with Gasteiger partial charge in [-0.15, -0.1) is 0 Å². The van der Waals surface area contributed by atoms with Gasteiger partial charge in [-0.2, -0.15) is 0 Å². The Morgan fingerprint density at radius 3 is 0.789 bits per heavy atom. The van der Waals surface area contributed by atoms with Crippen molar-refractivity contribution < 1.29 is 29.2 Å². The lowest BCUT2D eigenvalue weighted by atomic mass is 10.0. The Morgan fingerprint density at radius 1 is 0.368 bits per heavy atom. The van der Waals surface area contributed by atoms with Crippen molar-refractivity contribution in [1.82, 2.24) is 0 Å². The standard InChI is InChI=1S/C32H32O6/c33-27-19-35-29-9-1-23(2-10-29)17-24-3-11-30(12-4-24)37-21-28(34)22-38-32-15-7-26(8-16-32)18-25-5-13-31(14-6-25)36-20-27/h1-16,27-28,33-34H,17-22H2. The highest BCUT2D eigenvalue weighted by Crippen LogP contribution is 2.20. The van der Waals surface area contributed by atoms with Crippen LogP contribution in [-0.4, -0.2) is 48.8 Å². The maximum atomic E-state index is 10.3. The second kappa shape index (κ2) is 12.5. The molecule has 0 fully saturated rings. The molecule has 0 saturated carbocycles. The van der Waals surface area contributed by atoms with Crippen molar-refractivity contribution in [3.8, 4) is 23.0 Å². The summed E-state index contributed by atoms with van der Waals surface area (Å²) in [4.78, 5) is 0. The average Bonchev–Trinajstić information content (AvgIpc) is 2.95. The van der Waals surface area contributed by atoms with E-state index < -0.39 is 12.2 Å². The summed E-state index contributed by atoms with van der Waals surface area (Å²) in [6, 6.07) is 31.4. The van der Waals surface area contributed by atoms with E-state index in [0.29, 0.717) is 23.0 Å². The van der Waals surface area contributed by atoms with Gasteiger partial charge in [0.15, 0.2) is 0 Å². The maximum absolute atomic E-state index is 10.3. The molecule has 6 heteroatoms. The second-order valence-electron chi connectivity index (χ2n) is 9.48. The number of hydrogen-bond acceptors (Lipinski definition) is 6. The third-order valence-corrected chi connectivity index (χ3v) is 6.28. The lowest BCUT2D eigenvalue weighted by Crippen LogP contribution is -2.25. The van der Waals surface area contributed by atoms with Crippen LogP contribution in [0.15, 0.2) is 97.1 Å². The smallest absolute Gasteiger partial charge is 0.122 e. The van der Waals surface area contributed by atoms with Crippen molar-refractivity contribution in [3.63, 3.8) is 0 Å². The van der Waals surface area contributed by atoms with Gasteiger partial charge in [-0.1, -0.05) is 48.5 Å². The Bertz CT molecular complexity index is 1070. The van der Waals surface area contributed by atoms with Crippen LogP contribution in [0.5, 0.6) is 23.0 Å². The van der Waals surface area contributed by atoms with Gasteiger partial charge in [0.2, 0.25) is 0 Å². The number of rotatable bonds is 0. The fourth-order valence-electron chi connectivity index (χ4n) is 4.15. The molecule has 7 heterocycles. The molecule has 0 aliphatic carbocycles. The molecule has 6 nitrogen and oxygen atoms in total. The van der Waals surface area contributed by atoms with Crippen LogP contribution in [0.1, 0.15) is 22.3 Å². The third-order valence-electron chi connectivity index (χ3n) is 6.28. The van der Waals surface area contributed by atoms with E-state index in [0.717, 1.165) is 35.1 Å². The van der Waals surface area contributed by atoms with E-state index in [1.54, 1.807) is 0 Å². The van der Waals surface area contributed by atoms with Crippen LogP contribution in [0, 0.1) is 0 Å². The monoisotopic (exact) mass is 512 g/mol. The molecular formula is C32H32O6. The van der Waals surface area contributed by atoms with Crippen LogP contribution in [0.2, 0.25) is 0 Å². The zero-order valence-electron chi connectivity index (χ0n) is 21.2. The number of aliphatic hydroxyl groups excluding tert-OH is 2. The first-order chi connectivity index (χ1) is 18.6. The third kappa shape index (κ3) is 7.51. The largest absolute Gasteiger partial charge is 0.491 e. The summed E-state index contributed by atoms with van der Waals surface area (Å²) in [5.74, 6) is 2.79. The van der Waals surface area contributed by atoms with Gasteiger partial charge in [-0.05, 0) is 83.6 Å². The van der Waals surface area contributed by atoms with Crippen molar-refractivity contribution in [2.45, 2.75) is 25.0 Å². The van der Waals surface area contributed by atoms with Crippen LogP contribution in [0.3, 0.4) is 0 Å². The van der Waals surface area contributed by atoms with E-state index in [-0.39, 0.29) is 26.4 Å². The van der Waals surface area contributed by atoms with Crippen LogP contribution in [0.25, 0.3) is 0 Å². The summed E-state index contributed by atoms with van der Waals surface area (Å²) in [5.41, 5.74) is 4.58. The van der Waals surface area contributed by atoms with Gasteiger partial charge in [0, 0.05) is 0 Å². The number of hydrogen-bond donors (Lipinski definition) is 2. The molecule has 0 saturated heterocycles. The van der Waals surface area contributed by atoms with Gasteiger partial charge in [-0.25, -0.2) is 0 Å². The first kappa shape index (κ1) is 25.6. The molecular weight excluding hydrogens is 480 g/mol. The summed E-state index contributed by atoms with van der Waals surface area (Å²) >= 11 is 0. The molecule has 4 aromatic rings. The summed E-state index contributed by atoms with van der Waals surface area (Å²) in [6.45, 7) is 0.585. The first-order valence-corrected chi connectivity index (χ1v) is 12.8. The van der Waals surface area contributed by atoms with Crippen LogP contribution in [0.4, 0.5) is 0 Å². The quantitative estimate of drug-likeness (QED) is 0.352. The number of aliphatic hydroxyl groups is 2. The molecule has 2 N–H and O–H groups in total. The molecule has 0 unspecified atom stereocenters. The zero-order valence-corrected chi connectivity index (χ0v) is 21.2. The number of ether oxygens (including phenoxy) is 4. The van der Waals surface area contributed by atoms with Crippen LogP contribution >= 0.6 is 0 Å². The molecule has 0 aromatic heterocycles. The minimum absolute atomic E-state index is 0.146. The molecule has 196 valence electrons. The van der Waals surface area contributed by atoms with E-state index in [2.05, 4.69) is 0 Å². The minimum atomic E-state index is -0.747. The molecule has 0 atom stereocenters. The van der Waals surface area contributed by atoms with Crippen molar-refractivity contribution in [2.24, 2.45) is 0 Å². The van der Waals surface area contributed by atoms with Gasteiger partial charge in [0.25, 0.3) is 0 Å². The maximum Gasteiger partial charge on any atom is 0.122 e. The fourth-order valence-corrected chi connectivity index (χ4v) is 4.15. The van der Waals surface area contributed by atoms with Crippen LogP contribution < -0.4 is 18.9 Å². The van der Waals surface area contributed by atoms with Gasteiger partial charge in [0.05, 0.1) is 0 Å². The van der Waals surface area contributed by atoms with E-state index >= 15 is 0 Å². The summed E-state index contributed by atoms with van der Waals surface area (Å²) in [6.07, 6.45) is 0.0448. The van der Waals surface area contributed by atoms with Gasteiger partial charge < -0.3 is 29.2 Å². The van der Waals surface area contributed by atoms with Crippen LogP contribution in [-0.2, 0) is 12.8 Å². The average molecular weight is 513 g/mol. The fraction of sp³-hybridized carbons (Fsp3) is 0.250. The Labute approximate surface area is 223 Å². The van der Waals surface area contributed by atoms with Crippen molar-refractivity contribution in [3.05, 3.63) is 119 Å². The molecule has 4 aromatic carbocycles. The second-order valence-corrected chi connectivity index (χ2v) is 9.48. The highest BCUT2D eigenvalue weighted by atomic mass is 16.5. The van der Waals surface area contributed by atoms with Crippen molar-refractivity contribution in [2.75, 3.05) is 26.4 Å². The number of benzene rings is 4. The summed E-state index contributed by atoms with van der Waals surface area (Å²) in [7, 11) is 0. The van der Waals surface area contributed by atoms with E-state index in [4.69, 9.17) is 18.9 Å². The normalized spacial score (nSPS) is 18.5. The predicted molar refractivity (Wildman–Crippen MR) is 145 cm³/mol. The molecule has 8 bridgehead atoms. The lowest BCUT2D eigenvalue weighted by Gasteiger charge is -2.15. The molecule has 0 radical (unpaired) electrons. The highest BCUT2D eigenvalue weighted by molar-refractivity contribution is 5.35. The van der Waals surface area contributed by atoms with Crippen molar-refractivity contribution >= 4 is 0 Å². The van der Waals surface area contributed by atoms with E-state index in [1.165, 1.54) is 0 Å². The first-order valence-electron chi connectivity index (χ1n) is 12.8. The summed E-state index contributed by atoms with van der Waals surface area (Å²) < 4.78 is 23.0. The molecule has 7 aliphatic heterocycles. The molecule has 0 spiro atoms. The van der Waals surface area contributed by atoms with Gasteiger partial charge in [0.1, 0.15) is 61.6 Å². The Morgan fingerprint density at radius 2 is 0.579 bits per heavy atom. The molecule has 7 aliphatic rings. The molecule has 38 heavy (non-hydrogen) atoms. The molecule has 0 amide bonds. The van der Waals surface area contributed by atoms with E-state index in [9.17, 15) is 10.2 Å². The minimum Gasteiger partial charge on any atom is -0.491 e. The topological polar surface area (TPSA) is 77.4 Å². The van der Waals surface area contributed by atoms with Crippen molar-refractivity contribution in [1.29, 1.82) is 0 Å². The van der Waals surface area contributed by atoms with Gasteiger partial charge >= 0.3 is 0 Å². The SMILES string of the molecule is OC1COc2ccc(cc2)Cc2ccc(cc2)OCC(O)COc2ccc(cc2)Cc2ccc(cc2)OC1. The Hall–Kier alpha value is -4.00. The predicted octanol–water partition coefficient (Wildman–Crippen LogP) is 4.82. The van der Waals surface area contributed by atoms with E-state index in [1.807, 2.05) is 97.1 Å². The summed E-state index contributed by atoms with van der Waals surface area (Å²) in [5, 5.41) is 20.6. The van der Waals surface area contributed by atoms with Gasteiger partial charge in [-0.3, -0.25) is 0 Å². The lowest BCUT2D eigenvalue weighted by molar-refractivity contribution is 0.0626. The molecule has 11 rings (SSSR count). The zero-order chi connectivity index (χ0) is 26.2. The Balaban J connectivity index is 1.27. The highest BCUT2D eigenvalue weighted by Gasteiger charge is 2.10.